The van der Waals surface area contributed by atoms with Crippen molar-refractivity contribution in [3.8, 4) is 0 Å². The van der Waals surface area contributed by atoms with Crippen LogP contribution in [0.3, 0.4) is 0 Å². The van der Waals surface area contributed by atoms with Gasteiger partial charge in [-0.05, 0) is 24.6 Å². The molecule has 0 radical (unpaired) electrons. The molecule has 1 atom stereocenters. The smallest absolute Gasteiger partial charge is 0.266 e. The number of allylic oxidation sites excluding steroid dienone is 4. The summed E-state index contributed by atoms with van der Waals surface area (Å²) in [7, 11) is -2.17. The second kappa shape index (κ2) is 4.54. The summed E-state index contributed by atoms with van der Waals surface area (Å²) in [5.41, 5.74) is 1.86. The van der Waals surface area contributed by atoms with Crippen LogP contribution in [0.1, 0.15) is 12.5 Å². The molecule has 3 heteroatoms. The Balaban J connectivity index is 2.68. The average Bonchev–Trinajstić information content (AvgIpc) is 2.30. The highest BCUT2D eigenvalue weighted by Gasteiger charge is 2.21. The highest BCUT2D eigenvalue weighted by molar-refractivity contribution is 7.48. The number of hydrogen-bond acceptors (Lipinski definition) is 2. The number of fused-ring (bicyclic) bond motifs is 1. The molecule has 0 N–H and O–H groups in total. The minimum atomic E-state index is -2.17. The van der Waals surface area contributed by atoms with E-state index in [0.29, 0.717) is 5.76 Å². The van der Waals surface area contributed by atoms with E-state index in [2.05, 4.69) is 6.58 Å². The highest BCUT2D eigenvalue weighted by Crippen LogP contribution is 2.38. The largest absolute Gasteiger partial charge is 0.441 e. The maximum atomic E-state index is 11.9. The molecule has 1 unspecified atom stereocenters. The van der Waals surface area contributed by atoms with Gasteiger partial charge in [0, 0.05) is 5.57 Å². The fraction of sp³-hybridized carbons (Fsp3) is 0.0769. The molecule has 2 nitrogen and oxygen atoms in total. The van der Waals surface area contributed by atoms with Crippen molar-refractivity contribution in [1.29, 1.82) is 0 Å². The third kappa shape index (κ3) is 1.77. The van der Waals surface area contributed by atoms with Crippen LogP contribution in [-0.4, -0.2) is 0 Å². The monoisotopic (exact) mass is 232 g/mol. The topological polar surface area (TPSA) is 26.3 Å². The lowest BCUT2D eigenvalue weighted by atomic mass is 10.0. The molecule has 1 aromatic rings. The first-order valence-electron chi connectivity index (χ1n) is 5.09. The second-order valence-electron chi connectivity index (χ2n) is 3.42. The molecule has 0 bridgehead atoms. The van der Waals surface area contributed by atoms with Gasteiger partial charge in [0.25, 0.3) is 8.03 Å². The van der Waals surface area contributed by atoms with Gasteiger partial charge in [-0.15, -0.1) is 0 Å². The van der Waals surface area contributed by atoms with Crippen LogP contribution in [-0.2, 0) is 9.09 Å². The first-order chi connectivity index (χ1) is 7.77. The predicted molar refractivity (Wildman–Crippen MR) is 68.1 cm³/mol. The molecular formula is C13H13O2P. The zero-order valence-corrected chi connectivity index (χ0v) is 10.1. The van der Waals surface area contributed by atoms with Crippen molar-refractivity contribution in [3.05, 3.63) is 60.4 Å². The van der Waals surface area contributed by atoms with E-state index >= 15 is 0 Å². The van der Waals surface area contributed by atoms with Crippen LogP contribution in [0.15, 0.2) is 54.8 Å². The van der Waals surface area contributed by atoms with Crippen molar-refractivity contribution < 1.29 is 9.09 Å². The zero-order chi connectivity index (χ0) is 11.5. The summed E-state index contributed by atoms with van der Waals surface area (Å²) in [6.45, 7) is 5.68. The fourth-order valence-electron chi connectivity index (χ4n) is 1.72. The molecule has 1 aliphatic rings. The quantitative estimate of drug-likeness (QED) is 0.731. The van der Waals surface area contributed by atoms with E-state index in [-0.39, 0.29) is 0 Å². The molecule has 1 aliphatic heterocycles. The molecule has 0 saturated heterocycles. The first kappa shape index (κ1) is 11.0. The average molecular weight is 232 g/mol. The van der Waals surface area contributed by atoms with Gasteiger partial charge < -0.3 is 4.52 Å². The van der Waals surface area contributed by atoms with Gasteiger partial charge in [0.2, 0.25) is 0 Å². The lowest BCUT2D eigenvalue weighted by Crippen LogP contribution is -2.11. The molecule has 16 heavy (non-hydrogen) atoms. The van der Waals surface area contributed by atoms with Crippen molar-refractivity contribution in [2.24, 2.45) is 0 Å². The van der Waals surface area contributed by atoms with Crippen LogP contribution in [0.4, 0.5) is 0 Å². The molecule has 0 saturated carbocycles. The van der Waals surface area contributed by atoms with Crippen molar-refractivity contribution >= 4 is 18.9 Å². The molecule has 1 heterocycles. The Hall–Kier alpha value is -1.53. The summed E-state index contributed by atoms with van der Waals surface area (Å²) < 4.78 is 17.3. The lowest BCUT2D eigenvalue weighted by molar-refractivity contribution is 0.446. The molecule has 0 spiro atoms. The van der Waals surface area contributed by atoms with Crippen LogP contribution < -0.4 is 5.30 Å². The van der Waals surface area contributed by atoms with Gasteiger partial charge in [0.15, 0.2) is 0 Å². The molecule has 0 fully saturated rings. The molecular weight excluding hydrogens is 219 g/mol. The number of benzene rings is 1. The Labute approximate surface area is 95.8 Å². The van der Waals surface area contributed by atoms with E-state index in [4.69, 9.17) is 4.52 Å². The lowest BCUT2D eigenvalue weighted by Gasteiger charge is -2.20. The van der Waals surface area contributed by atoms with Crippen LogP contribution in [0.2, 0.25) is 0 Å². The fourth-order valence-corrected chi connectivity index (χ4v) is 2.88. The molecule has 0 aromatic heterocycles. The third-order valence-corrected chi connectivity index (χ3v) is 3.71. The predicted octanol–water partition coefficient (Wildman–Crippen LogP) is 3.29. The Kier molecular flexibility index (Phi) is 3.12. The Bertz CT molecular complexity index is 512. The van der Waals surface area contributed by atoms with Gasteiger partial charge in [-0.25, -0.2) is 0 Å². The summed E-state index contributed by atoms with van der Waals surface area (Å²) in [5.74, 6) is 0.639. The van der Waals surface area contributed by atoms with Crippen molar-refractivity contribution in [2.45, 2.75) is 6.92 Å². The summed E-state index contributed by atoms with van der Waals surface area (Å²) in [5, 5.41) is 0.774. The number of rotatable bonds is 2. The van der Waals surface area contributed by atoms with Gasteiger partial charge in [0.05, 0.1) is 5.30 Å². The van der Waals surface area contributed by atoms with E-state index in [1.807, 2.05) is 43.3 Å². The van der Waals surface area contributed by atoms with Crippen LogP contribution in [0, 0.1) is 0 Å². The Morgan fingerprint density at radius 3 is 2.81 bits per heavy atom. The Morgan fingerprint density at radius 2 is 2.12 bits per heavy atom. The first-order valence-corrected chi connectivity index (χ1v) is 6.40. The second-order valence-corrected chi connectivity index (χ2v) is 4.73. The summed E-state index contributed by atoms with van der Waals surface area (Å²) in [6, 6.07) is 7.58. The molecule has 82 valence electrons. The van der Waals surface area contributed by atoms with Gasteiger partial charge in [0.1, 0.15) is 5.76 Å². The maximum Gasteiger partial charge on any atom is 0.266 e. The SMILES string of the molecule is C=CC1=C(/C=C\C)O[PH](=O)c2ccccc21. The van der Waals surface area contributed by atoms with E-state index in [9.17, 15) is 4.57 Å². The van der Waals surface area contributed by atoms with Crippen molar-refractivity contribution in [3.63, 3.8) is 0 Å². The van der Waals surface area contributed by atoms with Gasteiger partial charge in [-0.1, -0.05) is 36.9 Å². The van der Waals surface area contributed by atoms with Crippen molar-refractivity contribution in [2.75, 3.05) is 0 Å². The van der Waals surface area contributed by atoms with E-state index in [0.717, 1.165) is 16.4 Å². The van der Waals surface area contributed by atoms with Crippen molar-refractivity contribution in [1.82, 2.24) is 0 Å². The van der Waals surface area contributed by atoms with E-state index in [1.165, 1.54) is 0 Å². The molecule has 1 aromatic carbocycles. The standard InChI is InChI=1S/C13H13O2P/c1-3-7-12-10(4-2)11-8-5-6-9-13(11)16(14)15-12/h3-9,16H,2H2,1H3/b7-3-. The normalized spacial score (nSPS) is 19.4. The highest BCUT2D eigenvalue weighted by atomic mass is 31.1. The summed E-state index contributed by atoms with van der Waals surface area (Å²) in [4.78, 5) is 0. The van der Waals surface area contributed by atoms with E-state index < -0.39 is 8.03 Å². The third-order valence-electron chi connectivity index (χ3n) is 2.43. The van der Waals surface area contributed by atoms with Crippen LogP contribution >= 0.6 is 8.03 Å². The number of hydrogen-bond donors (Lipinski definition) is 0. The Morgan fingerprint density at radius 1 is 1.38 bits per heavy atom. The zero-order valence-electron chi connectivity index (χ0n) is 9.07. The summed E-state index contributed by atoms with van der Waals surface area (Å²) >= 11 is 0. The van der Waals surface area contributed by atoms with Gasteiger partial charge in [-0.3, -0.25) is 4.57 Å². The minimum Gasteiger partial charge on any atom is -0.441 e. The molecule has 2 rings (SSSR count). The molecule has 0 aliphatic carbocycles. The van der Waals surface area contributed by atoms with E-state index in [1.54, 1.807) is 6.08 Å². The van der Waals surface area contributed by atoms with Gasteiger partial charge in [-0.2, -0.15) is 0 Å². The minimum absolute atomic E-state index is 0.639. The van der Waals surface area contributed by atoms with Gasteiger partial charge >= 0.3 is 0 Å². The van der Waals surface area contributed by atoms with Crippen LogP contribution in [0.25, 0.3) is 5.57 Å². The van der Waals surface area contributed by atoms with Crippen LogP contribution in [0.5, 0.6) is 0 Å². The summed E-state index contributed by atoms with van der Waals surface area (Å²) in [6.07, 6.45) is 5.42. The maximum absolute atomic E-state index is 11.9. The molecule has 0 amide bonds.